The molecule has 0 aromatic heterocycles. The van der Waals surface area contributed by atoms with Crippen LogP contribution in [0, 0.1) is 29.6 Å². The quantitative estimate of drug-likeness (QED) is 0.845. The minimum atomic E-state index is -0.00149. The standard InChI is InChI=1S/C11H7BrClN3/c1-7-2-9(12)3-10(13)11(7)16-6-8(4-14)5-15/h2-3,6,16H,1H3. The van der Waals surface area contributed by atoms with Gasteiger partial charge < -0.3 is 5.32 Å². The number of hydrogen-bond acceptors (Lipinski definition) is 3. The van der Waals surface area contributed by atoms with Gasteiger partial charge in [0.05, 0.1) is 10.7 Å². The lowest BCUT2D eigenvalue weighted by atomic mass is 10.2. The second-order valence-corrected chi connectivity index (χ2v) is 4.33. The number of nitriles is 2. The van der Waals surface area contributed by atoms with Crippen molar-refractivity contribution in [3.63, 3.8) is 0 Å². The van der Waals surface area contributed by atoms with E-state index in [2.05, 4.69) is 21.2 Å². The van der Waals surface area contributed by atoms with E-state index < -0.39 is 0 Å². The molecule has 0 aliphatic heterocycles. The molecular weight excluding hydrogens is 289 g/mol. The number of hydrogen-bond donors (Lipinski definition) is 1. The highest BCUT2D eigenvalue weighted by Gasteiger charge is 2.04. The molecule has 0 saturated heterocycles. The molecule has 1 N–H and O–H groups in total. The smallest absolute Gasteiger partial charge is 0.145 e. The molecular formula is C11H7BrClN3. The molecule has 5 heteroatoms. The molecule has 16 heavy (non-hydrogen) atoms. The normalized spacial score (nSPS) is 8.81. The summed E-state index contributed by atoms with van der Waals surface area (Å²) >= 11 is 9.34. The van der Waals surface area contributed by atoms with Crippen LogP contribution in [-0.4, -0.2) is 0 Å². The number of nitrogens with zero attached hydrogens (tertiary/aromatic N) is 2. The van der Waals surface area contributed by atoms with Crippen molar-refractivity contribution >= 4 is 33.2 Å². The third-order valence-electron chi connectivity index (χ3n) is 1.85. The maximum Gasteiger partial charge on any atom is 0.145 e. The molecule has 0 spiro atoms. The van der Waals surface area contributed by atoms with E-state index in [9.17, 15) is 0 Å². The number of rotatable bonds is 2. The van der Waals surface area contributed by atoms with Gasteiger partial charge in [0.1, 0.15) is 17.7 Å². The van der Waals surface area contributed by atoms with Gasteiger partial charge in [-0.2, -0.15) is 10.5 Å². The van der Waals surface area contributed by atoms with Gasteiger partial charge in [-0.1, -0.05) is 27.5 Å². The number of halogens is 2. The van der Waals surface area contributed by atoms with Crippen LogP contribution in [-0.2, 0) is 0 Å². The Balaban J connectivity index is 3.05. The van der Waals surface area contributed by atoms with Crippen LogP contribution in [0.15, 0.2) is 28.4 Å². The van der Waals surface area contributed by atoms with E-state index in [1.54, 1.807) is 18.2 Å². The minimum absolute atomic E-state index is 0.00149. The Bertz CT molecular complexity index is 484. The van der Waals surface area contributed by atoms with Crippen LogP contribution in [0.1, 0.15) is 5.56 Å². The molecule has 1 rings (SSSR count). The van der Waals surface area contributed by atoms with E-state index >= 15 is 0 Å². The van der Waals surface area contributed by atoms with Gasteiger partial charge in [0, 0.05) is 10.7 Å². The third-order valence-corrected chi connectivity index (χ3v) is 2.61. The van der Waals surface area contributed by atoms with Crippen LogP contribution in [0.25, 0.3) is 0 Å². The summed E-state index contributed by atoms with van der Waals surface area (Å²) in [6.07, 6.45) is 1.34. The highest BCUT2D eigenvalue weighted by molar-refractivity contribution is 9.10. The Morgan fingerprint density at radius 2 is 2.06 bits per heavy atom. The molecule has 1 aromatic rings. The SMILES string of the molecule is Cc1cc(Br)cc(Cl)c1NC=C(C#N)C#N. The first kappa shape index (κ1) is 12.6. The summed E-state index contributed by atoms with van der Waals surface area (Å²) in [7, 11) is 0. The molecule has 0 radical (unpaired) electrons. The predicted octanol–water partition coefficient (Wildman–Crippen LogP) is 3.75. The molecule has 0 amide bonds. The van der Waals surface area contributed by atoms with Crippen molar-refractivity contribution in [2.24, 2.45) is 0 Å². The molecule has 0 unspecified atom stereocenters. The molecule has 0 aliphatic rings. The van der Waals surface area contributed by atoms with Gasteiger partial charge in [-0.25, -0.2) is 0 Å². The second kappa shape index (κ2) is 5.55. The highest BCUT2D eigenvalue weighted by Crippen LogP contribution is 2.29. The maximum atomic E-state index is 8.57. The molecule has 3 nitrogen and oxygen atoms in total. The van der Waals surface area contributed by atoms with E-state index in [0.717, 1.165) is 10.0 Å². The summed E-state index contributed by atoms with van der Waals surface area (Å²) in [6, 6.07) is 7.14. The summed E-state index contributed by atoms with van der Waals surface area (Å²) in [5.74, 6) is 0. The maximum absolute atomic E-state index is 8.57. The number of aryl methyl sites for hydroxylation is 1. The first-order valence-corrected chi connectivity index (χ1v) is 5.48. The van der Waals surface area contributed by atoms with Crippen LogP contribution >= 0.6 is 27.5 Å². The van der Waals surface area contributed by atoms with E-state index in [4.69, 9.17) is 22.1 Å². The molecule has 0 saturated carbocycles. The molecule has 0 heterocycles. The first-order valence-electron chi connectivity index (χ1n) is 4.31. The van der Waals surface area contributed by atoms with Crippen LogP contribution < -0.4 is 5.32 Å². The zero-order chi connectivity index (χ0) is 12.1. The summed E-state index contributed by atoms with van der Waals surface area (Å²) in [5, 5.41) is 20.5. The van der Waals surface area contributed by atoms with E-state index in [1.807, 2.05) is 13.0 Å². The number of nitrogens with one attached hydrogen (secondary N) is 1. The average molecular weight is 297 g/mol. The molecule has 80 valence electrons. The van der Waals surface area contributed by atoms with Crippen molar-refractivity contribution in [1.29, 1.82) is 10.5 Å². The Morgan fingerprint density at radius 3 is 2.56 bits per heavy atom. The van der Waals surface area contributed by atoms with Crippen molar-refractivity contribution in [2.45, 2.75) is 6.92 Å². The van der Waals surface area contributed by atoms with Gasteiger partial charge in [0.2, 0.25) is 0 Å². The van der Waals surface area contributed by atoms with Gasteiger partial charge in [0.25, 0.3) is 0 Å². The number of allylic oxidation sites excluding steroid dienone is 1. The fourth-order valence-electron chi connectivity index (χ4n) is 1.12. The van der Waals surface area contributed by atoms with Crippen LogP contribution in [0.2, 0.25) is 5.02 Å². The lowest BCUT2D eigenvalue weighted by Crippen LogP contribution is -1.94. The van der Waals surface area contributed by atoms with Crippen molar-refractivity contribution < 1.29 is 0 Å². The van der Waals surface area contributed by atoms with Crippen molar-refractivity contribution in [2.75, 3.05) is 5.32 Å². The monoisotopic (exact) mass is 295 g/mol. The van der Waals surface area contributed by atoms with E-state index in [-0.39, 0.29) is 5.57 Å². The van der Waals surface area contributed by atoms with Gasteiger partial charge in [0.15, 0.2) is 0 Å². The molecule has 1 aromatic carbocycles. The van der Waals surface area contributed by atoms with E-state index in [1.165, 1.54) is 6.20 Å². The second-order valence-electron chi connectivity index (χ2n) is 3.01. The van der Waals surface area contributed by atoms with Crippen LogP contribution in [0.5, 0.6) is 0 Å². The number of benzene rings is 1. The number of anilines is 1. The molecule has 0 aliphatic carbocycles. The van der Waals surface area contributed by atoms with Crippen molar-refractivity contribution in [1.82, 2.24) is 0 Å². The zero-order valence-electron chi connectivity index (χ0n) is 8.38. The first-order chi connectivity index (χ1) is 7.58. The largest absolute Gasteiger partial charge is 0.358 e. The van der Waals surface area contributed by atoms with Crippen molar-refractivity contribution in [3.05, 3.63) is 39.0 Å². The lowest BCUT2D eigenvalue weighted by Gasteiger charge is -2.08. The Hall–Kier alpha value is -1.49. The van der Waals surface area contributed by atoms with Gasteiger partial charge in [-0.15, -0.1) is 0 Å². The van der Waals surface area contributed by atoms with Gasteiger partial charge in [-0.05, 0) is 24.6 Å². The van der Waals surface area contributed by atoms with Crippen molar-refractivity contribution in [3.8, 4) is 12.1 Å². The molecule has 0 atom stereocenters. The summed E-state index contributed by atoms with van der Waals surface area (Å²) in [4.78, 5) is 0. The average Bonchev–Trinajstić information content (AvgIpc) is 2.22. The fraction of sp³-hybridized carbons (Fsp3) is 0.0909. The van der Waals surface area contributed by atoms with E-state index in [0.29, 0.717) is 10.7 Å². The Labute approximate surface area is 107 Å². The van der Waals surface area contributed by atoms with Crippen LogP contribution in [0.4, 0.5) is 5.69 Å². The summed E-state index contributed by atoms with van der Waals surface area (Å²) in [6.45, 7) is 1.88. The minimum Gasteiger partial charge on any atom is -0.358 e. The fourth-order valence-corrected chi connectivity index (χ4v) is 2.14. The van der Waals surface area contributed by atoms with Gasteiger partial charge >= 0.3 is 0 Å². The Kier molecular flexibility index (Phi) is 4.37. The molecule has 0 bridgehead atoms. The van der Waals surface area contributed by atoms with Crippen LogP contribution in [0.3, 0.4) is 0 Å². The summed E-state index contributed by atoms with van der Waals surface area (Å²) in [5.41, 5.74) is 1.61. The topological polar surface area (TPSA) is 59.6 Å². The predicted molar refractivity (Wildman–Crippen MR) is 66.8 cm³/mol. The Morgan fingerprint density at radius 1 is 1.44 bits per heavy atom. The summed E-state index contributed by atoms with van der Waals surface area (Å²) < 4.78 is 0.880. The highest BCUT2D eigenvalue weighted by atomic mass is 79.9. The van der Waals surface area contributed by atoms with Gasteiger partial charge in [-0.3, -0.25) is 0 Å². The molecule has 0 fully saturated rings. The lowest BCUT2D eigenvalue weighted by molar-refractivity contribution is 1.40. The zero-order valence-corrected chi connectivity index (χ0v) is 10.7. The third kappa shape index (κ3) is 3.00.